The number of anilines is 1. The van der Waals surface area contributed by atoms with E-state index in [9.17, 15) is 36.6 Å². The summed E-state index contributed by atoms with van der Waals surface area (Å²) in [5.74, 6) is -6.55. The Morgan fingerprint density at radius 2 is 1.44 bits per heavy atom. The number of hydrogen-bond donors (Lipinski definition) is 1. The van der Waals surface area contributed by atoms with Gasteiger partial charge in [0.2, 0.25) is 5.60 Å². The fourth-order valence-corrected chi connectivity index (χ4v) is 5.96. The van der Waals surface area contributed by atoms with Gasteiger partial charge in [0.15, 0.2) is 0 Å². The Hall–Kier alpha value is -2.99. The number of piperidine rings is 2. The van der Waals surface area contributed by atoms with Crippen LogP contribution in [-0.2, 0) is 10.4 Å². The molecule has 2 aliphatic rings. The fourth-order valence-electron chi connectivity index (χ4n) is 5.73. The van der Waals surface area contributed by atoms with Gasteiger partial charge in [0, 0.05) is 40.3 Å². The van der Waals surface area contributed by atoms with Gasteiger partial charge in [-0.25, -0.2) is 4.98 Å². The number of alkyl halides is 5. The van der Waals surface area contributed by atoms with Crippen LogP contribution in [0.15, 0.2) is 42.5 Å². The van der Waals surface area contributed by atoms with Crippen LogP contribution in [0.1, 0.15) is 41.6 Å². The van der Waals surface area contributed by atoms with Gasteiger partial charge in [0.05, 0.1) is 5.56 Å². The van der Waals surface area contributed by atoms with Crippen molar-refractivity contribution in [2.75, 3.05) is 45.2 Å². The number of aliphatic hydroxyl groups is 1. The molecule has 0 spiro atoms. The molecule has 1 unspecified atom stereocenters. The van der Waals surface area contributed by atoms with Crippen molar-refractivity contribution < 1.29 is 36.6 Å². The molecular weight excluding hydrogens is 571 g/mol. The molecule has 0 bridgehead atoms. The average molecular weight is 603 g/mol. The first-order valence-electron chi connectivity index (χ1n) is 13.3. The SMILES string of the molecule is CN(C)C(=O)c1ccc(N2CCC(C3CCN(C(=O)C(O)(c4ccccc4)C(F)(F)C(F)(F)F)CC3)CC2)nc1Cl. The number of rotatable bonds is 6. The predicted octanol–water partition coefficient (Wildman–Crippen LogP) is 4.98. The number of pyridine rings is 1. The third-order valence-electron chi connectivity index (χ3n) is 8.14. The Labute approximate surface area is 239 Å². The highest BCUT2D eigenvalue weighted by Gasteiger charge is 2.74. The van der Waals surface area contributed by atoms with Crippen molar-refractivity contribution in [2.45, 2.75) is 43.4 Å². The highest BCUT2D eigenvalue weighted by atomic mass is 35.5. The molecular formula is C28H32ClF5N4O3. The molecule has 4 rings (SSSR count). The minimum atomic E-state index is -6.14. The van der Waals surface area contributed by atoms with Crippen LogP contribution in [0.25, 0.3) is 0 Å². The van der Waals surface area contributed by atoms with Crippen LogP contribution in [0.5, 0.6) is 0 Å². The number of carbonyl (C=O) groups excluding carboxylic acids is 2. The van der Waals surface area contributed by atoms with Gasteiger partial charge in [0.25, 0.3) is 11.8 Å². The van der Waals surface area contributed by atoms with Crippen molar-refractivity contribution in [1.29, 1.82) is 0 Å². The summed E-state index contributed by atoms with van der Waals surface area (Å²) in [5.41, 5.74) is -4.58. The number of aromatic nitrogens is 1. The zero-order valence-electron chi connectivity index (χ0n) is 22.7. The van der Waals surface area contributed by atoms with E-state index in [4.69, 9.17) is 11.6 Å². The Morgan fingerprint density at radius 1 is 0.902 bits per heavy atom. The summed E-state index contributed by atoms with van der Waals surface area (Å²) < 4.78 is 69.5. The van der Waals surface area contributed by atoms with E-state index in [0.29, 0.717) is 37.3 Å². The molecule has 2 aliphatic heterocycles. The van der Waals surface area contributed by atoms with E-state index in [1.165, 1.54) is 23.1 Å². The van der Waals surface area contributed by atoms with Gasteiger partial charge in [-0.1, -0.05) is 41.9 Å². The lowest BCUT2D eigenvalue weighted by molar-refractivity contribution is -0.339. The van der Waals surface area contributed by atoms with Crippen LogP contribution in [0, 0.1) is 11.8 Å². The largest absolute Gasteiger partial charge is 0.457 e. The molecule has 0 aliphatic carbocycles. The molecule has 2 fully saturated rings. The zero-order valence-corrected chi connectivity index (χ0v) is 23.4. The van der Waals surface area contributed by atoms with Crippen LogP contribution in [0.2, 0.25) is 5.15 Å². The summed E-state index contributed by atoms with van der Waals surface area (Å²) in [6.07, 6.45) is -3.72. The number of carbonyl (C=O) groups is 2. The molecule has 3 heterocycles. The monoisotopic (exact) mass is 602 g/mol. The molecule has 1 aromatic heterocycles. The van der Waals surface area contributed by atoms with Gasteiger partial charge in [-0.2, -0.15) is 22.0 Å². The van der Waals surface area contributed by atoms with Crippen molar-refractivity contribution in [3.8, 4) is 0 Å². The number of nitrogens with zero attached hydrogens (tertiary/aromatic N) is 4. The van der Waals surface area contributed by atoms with Crippen LogP contribution in [-0.4, -0.2) is 84.1 Å². The number of hydrogen-bond acceptors (Lipinski definition) is 5. The summed E-state index contributed by atoms with van der Waals surface area (Å²) in [4.78, 5) is 34.2. The quantitative estimate of drug-likeness (QED) is 0.373. The second-order valence-corrected chi connectivity index (χ2v) is 11.2. The number of amides is 2. The van der Waals surface area contributed by atoms with Gasteiger partial charge in [-0.05, 0) is 55.2 Å². The van der Waals surface area contributed by atoms with E-state index in [1.54, 1.807) is 26.2 Å². The second kappa shape index (κ2) is 11.7. The van der Waals surface area contributed by atoms with Crippen molar-refractivity contribution in [3.63, 3.8) is 0 Å². The van der Waals surface area contributed by atoms with Crippen LogP contribution in [0.4, 0.5) is 27.8 Å². The van der Waals surface area contributed by atoms with Crippen molar-refractivity contribution in [2.24, 2.45) is 11.8 Å². The van der Waals surface area contributed by atoms with Gasteiger partial charge in [0.1, 0.15) is 11.0 Å². The van der Waals surface area contributed by atoms with E-state index in [0.717, 1.165) is 29.9 Å². The van der Waals surface area contributed by atoms with E-state index in [-0.39, 0.29) is 36.0 Å². The molecule has 1 N–H and O–H groups in total. The van der Waals surface area contributed by atoms with Gasteiger partial charge in [-0.15, -0.1) is 0 Å². The fraction of sp³-hybridized carbons (Fsp3) is 0.536. The average Bonchev–Trinajstić information content (AvgIpc) is 2.96. The first kappa shape index (κ1) is 31.0. The van der Waals surface area contributed by atoms with Crippen molar-refractivity contribution in [1.82, 2.24) is 14.8 Å². The van der Waals surface area contributed by atoms with E-state index >= 15 is 0 Å². The summed E-state index contributed by atoms with van der Waals surface area (Å²) in [6, 6.07) is 8.96. The highest BCUT2D eigenvalue weighted by molar-refractivity contribution is 6.32. The lowest BCUT2D eigenvalue weighted by Gasteiger charge is -2.43. The Morgan fingerprint density at radius 3 is 1.93 bits per heavy atom. The standard InChI is InChI=1S/C28H32ClF5N4O3/c1-36(2)24(39)21-8-9-22(35-23(21)29)37-14-10-18(11-15-37)19-12-16-38(17-13-19)25(40)26(41,20-6-4-3-5-7-20)27(30,31)28(32,33)34/h3-9,18-19,41H,10-17H2,1-2H3. The molecule has 0 radical (unpaired) electrons. The molecule has 7 nitrogen and oxygen atoms in total. The minimum absolute atomic E-state index is 0.0364. The predicted molar refractivity (Wildman–Crippen MR) is 143 cm³/mol. The molecule has 0 saturated carbocycles. The molecule has 2 aromatic rings. The maximum absolute atomic E-state index is 14.7. The lowest BCUT2D eigenvalue weighted by Crippen LogP contribution is -2.63. The van der Waals surface area contributed by atoms with Gasteiger partial charge in [-0.3, -0.25) is 9.59 Å². The summed E-state index contributed by atoms with van der Waals surface area (Å²) >= 11 is 6.26. The summed E-state index contributed by atoms with van der Waals surface area (Å²) in [5, 5.41) is 10.9. The number of likely N-dealkylation sites (tertiary alicyclic amines) is 1. The van der Waals surface area contributed by atoms with Crippen LogP contribution < -0.4 is 4.90 Å². The number of halogens is 6. The van der Waals surface area contributed by atoms with Gasteiger partial charge < -0.3 is 19.8 Å². The first-order chi connectivity index (χ1) is 19.2. The lowest BCUT2D eigenvalue weighted by atomic mass is 9.78. The van der Waals surface area contributed by atoms with Crippen molar-refractivity contribution >= 4 is 29.2 Å². The molecule has 2 amide bonds. The Kier molecular flexibility index (Phi) is 8.84. The maximum atomic E-state index is 14.7. The molecule has 13 heteroatoms. The highest BCUT2D eigenvalue weighted by Crippen LogP contribution is 2.49. The second-order valence-electron chi connectivity index (χ2n) is 10.8. The molecule has 224 valence electrons. The van der Waals surface area contributed by atoms with Crippen molar-refractivity contribution in [3.05, 3.63) is 58.7 Å². The van der Waals surface area contributed by atoms with Crippen LogP contribution >= 0.6 is 11.6 Å². The molecule has 1 atom stereocenters. The Bertz CT molecular complexity index is 1250. The topological polar surface area (TPSA) is 77.0 Å². The Balaban J connectivity index is 1.39. The first-order valence-corrected chi connectivity index (χ1v) is 13.7. The minimum Gasteiger partial charge on any atom is -0.370 e. The third kappa shape index (κ3) is 5.86. The third-order valence-corrected chi connectivity index (χ3v) is 8.43. The molecule has 41 heavy (non-hydrogen) atoms. The summed E-state index contributed by atoms with van der Waals surface area (Å²) in [7, 11) is 3.25. The maximum Gasteiger partial charge on any atom is 0.457 e. The zero-order chi connectivity index (χ0) is 30.2. The normalized spacial score (nSPS) is 19.1. The van der Waals surface area contributed by atoms with Crippen LogP contribution in [0.3, 0.4) is 0 Å². The van der Waals surface area contributed by atoms with E-state index in [1.807, 2.05) is 0 Å². The molecule has 2 saturated heterocycles. The molecule has 1 aromatic carbocycles. The smallest absolute Gasteiger partial charge is 0.370 e. The number of benzene rings is 1. The summed E-state index contributed by atoms with van der Waals surface area (Å²) in [6.45, 7) is 1.26. The van der Waals surface area contributed by atoms with E-state index < -0.39 is 29.2 Å². The van der Waals surface area contributed by atoms with E-state index in [2.05, 4.69) is 9.88 Å². The van der Waals surface area contributed by atoms with Gasteiger partial charge >= 0.3 is 12.1 Å².